The van der Waals surface area contributed by atoms with E-state index in [4.69, 9.17) is 11.6 Å². The zero-order valence-electron chi connectivity index (χ0n) is 6.04. The number of methoxy groups -OCH3 is 1. The fourth-order valence-electron chi connectivity index (χ4n) is 0.579. The second-order valence-electron chi connectivity index (χ2n) is 1.82. The molecule has 0 saturated carbocycles. The molecule has 12 heavy (non-hydrogen) atoms. The van der Waals surface area contributed by atoms with E-state index in [9.17, 15) is 9.18 Å². The number of nitrogens with zero attached hydrogens (tertiary/aromatic N) is 2. The standard InChI is InChI=1S/C6H4ClFN2O2/c1-12-6(11)4-5(7)9-2-3(8)10-4/h2H,1H3. The molecule has 0 aliphatic heterocycles. The molecule has 0 aliphatic carbocycles. The van der Waals surface area contributed by atoms with E-state index in [0.717, 1.165) is 13.3 Å². The van der Waals surface area contributed by atoms with E-state index < -0.39 is 11.9 Å². The predicted molar refractivity (Wildman–Crippen MR) is 38.3 cm³/mol. The molecule has 1 rings (SSSR count). The maximum absolute atomic E-state index is 12.4. The van der Waals surface area contributed by atoms with Crippen LogP contribution in [0.1, 0.15) is 10.5 Å². The Balaban J connectivity index is 3.13. The molecule has 0 bridgehead atoms. The van der Waals surface area contributed by atoms with Crippen LogP contribution in [-0.2, 0) is 4.74 Å². The van der Waals surface area contributed by atoms with Gasteiger partial charge in [0.25, 0.3) is 0 Å². The van der Waals surface area contributed by atoms with Crippen LogP contribution < -0.4 is 0 Å². The Morgan fingerprint density at radius 2 is 2.42 bits per heavy atom. The molecule has 0 unspecified atom stereocenters. The van der Waals surface area contributed by atoms with Crippen molar-refractivity contribution in [3.63, 3.8) is 0 Å². The molecule has 0 spiro atoms. The van der Waals surface area contributed by atoms with Gasteiger partial charge in [-0.2, -0.15) is 4.39 Å². The van der Waals surface area contributed by atoms with E-state index in [2.05, 4.69) is 14.7 Å². The van der Waals surface area contributed by atoms with Gasteiger partial charge in [0.1, 0.15) is 0 Å². The molecule has 0 amide bonds. The average Bonchev–Trinajstić information content (AvgIpc) is 2.08. The summed E-state index contributed by atoms with van der Waals surface area (Å²) in [5.41, 5.74) is -0.320. The average molecular weight is 191 g/mol. The van der Waals surface area contributed by atoms with E-state index in [1.165, 1.54) is 0 Å². The van der Waals surface area contributed by atoms with Crippen molar-refractivity contribution in [2.75, 3.05) is 7.11 Å². The summed E-state index contributed by atoms with van der Waals surface area (Å²) in [6.07, 6.45) is 0.814. The summed E-state index contributed by atoms with van der Waals surface area (Å²) in [6, 6.07) is 0. The molecule has 1 aromatic rings. The summed E-state index contributed by atoms with van der Waals surface area (Å²) < 4.78 is 16.7. The normalized spacial score (nSPS) is 9.58. The van der Waals surface area contributed by atoms with E-state index in [0.29, 0.717) is 0 Å². The van der Waals surface area contributed by atoms with Crippen molar-refractivity contribution < 1.29 is 13.9 Å². The van der Waals surface area contributed by atoms with Crippen molar-refractivity contribution in [1.82, 2.24) is 9.97 Å². The topological polar surface area (TPSA) is 52.1 Å². The minimum absolute atomic E-state index is 0.178. The third kappa shape index (κ3) is 1.68. The first kappa shape index (κ1) is 8.86. The molecule has 64 valence electrons. The maximum atomic E-state index is 12.4. The molecule has 0 aromatic carbocycles. The lowest BCUT2D eigenvalue weighted by molar-refractivity contribution is 0.0592. The molecule has 1 heterocycles. The number of hydrogen-bond donors (Lipinski definition) is 0. The van der Waals surface area contributed by atoms with Gasteiger partial charge < -0.3 is 4.74 Å². The monoisotopic (exact) mass is 190 g/mol. The zero-order chi connectivity index (χ0) is 9.14. The highest BCUT2D eigenvalue weighted by molar-refractivity contribution is 6.32. The van der Waals surface area contributed by atoms with E-state index in [1.807, 2.05) is 0 Å². The highest BCUT2D eigenvalue weighted by Crippen LogP contribution is 2.10. The van der Waals surface area contributed by atoms with Crippen molar-refractivity contribution in [2.45, 2.75) is 0 Å². The summed E-state index contributed by atoms with van der Waals surface area (Å²) in [4.78, 5) is 17.4. The van der Waals surface area contributed by atoms with Crippen LogP contribution in [0.25, 0.3) is 0 Å². The summed E-state index contributed by atoms with van der Waals surface area (Å²) in [5, 5.41) is -0.178. The molecule has 0 radical (unpaired) electrons. The Hall–Kier alpha value is -1.23. The fourth-order valence-corrected chi connectivity index (χ4v) is 0.748. The second kappa shape index (κ2) is 3.44. The molecular formula is C6H4ClFN2O2. The number of aromatic nitrogens is 2. The summed E-state index contributed by atoms with van der Waals surface area (Å²) in [6.45, 7) is 0. The van der Waals surface area contributed by atoms with Gasteiger partial charge in [-0.1, -0.05) is 11.6 Å². The van der Waals surface area contributed by atoms with E-state index >= 15 is 0 Å². The lowest BCUT2D eigenvalue weighted by atomic mass is 10.4. The van der Waals surface area contributed by atoms with Crippen molar-refractivity contribution in [1.29, 1.82) is 0 Å². The first-order valence-corrected chi connectivity index (χ1v) is 3.29. The van der Waals surface area contributed by atoms with Crippen LogP contribution in [0.15, 0.2) is 6.20 Å². The summed E-state index contributed by atoms with van der Waals surface area (Å²) in [5.74, 6) is -1.69. The summed E-state index contributed by atoms with van der Waals surface area (Å²) >= 11 is 5.43. The molecule has 0 atom stereocenters. The SMILES string of the molecule is COC(=O)c1nc(F)cnc1Cl. The van der Waals surface area contributed by atoms with Crippen molar-refractivity contribution in [2.24, 2.45) is 0 Å². The van der Waals surface area contributed by atoms with Crippen molar-refractivity contribution in [3.8, 4) is 0 Å². The second-order valence-corrected chi connectivity index (χ2v) is 2.18. The number of rotatable bonds is 1. The predicted octanol–water partition coefficient (Wildman–Crippen LogP) is 1.06. The molecule has 6 heteroatoms. The smallest absolute Gasteiger partial charge is 0.360 e. The lowest BCUT2D eigenvalue weighted by Crippen LogP contribution is -2.07. The Bertz CT molecular complexity index is 318. The zero-order valence-corrected chi connectivity index (χ0v) is 6.80. The minimum Gasteiger partial charge on any atom is -0.464 e. The lowest BCUT2D eigenvalue weighted by Gasteiger charge is -1.98. The third-order valence-corrected chi connectivity index (χ3v) is 1.35. The van der Waals surface area contributed by atoms with Crippen LogP contribution >= 0.6 is 11.6 Å². The summed E-state index contributed by atoms with van der Waals surface area (Å²) in [7, 11) is 1.14. The van der Waals surface area contributed by atoms with E-state index in [1.54, 1.807) is 0 Å². The molecule has 0 saturated heterocycles. The van der Waals surface area contributed by atoms with Gasteiger partial charge >= 0.3 is 5.97 Å². The minimum atomic E-state index is -0.875. The number of carbonyl (C=O) groups excluding carboxylic acids is 1. The highest BCUT2D eigenvalue weighted by atomic mass is 35.5. The van der Waals surface area contributed by atoms with Crippen LogP contribution in [-0.4, -0.2) is 23.0 Å². The first-order chi connectivity index (χ1) is 5.65. The Labute approximate surface area is 72.3 Å². The molecule has 0 aliphatic rings. The van der Waals surface area contributed by atoms with Crippen LogP contribution in [0.2, 0.25) is 5.15 Å². The molecule has 0 fully saturated rings. The fraction of sp³-hybridized carbons (Fsp3) is 0.167. The van der Waals surface area contributed by atoms with Gasteiger partial charge in [0, 0.05) is 0 Å². The van der Waals surface area contributed by atoms with Gasteiger partial charge in [0.05, 0.1) is 13.3 Å². The Morgan fingerprint density at radius 3 is 3.00 bits per heavy atom. The quantitative estimate of drug-likeness (QED) is 0.622. The van der Waals surface area contributed by atoms with Crippen molar-refractivity contribution >= 4 is 17.6 Å². The van der Waals surface area contributed by atoms with Gasteiger partial charge in [0.15, 0.2) is 10.8 Å². The Kier molecular flexibility index (Phi) is 2.54. The third-order valence-electron chi connectivity index (χ3n) is 1.08. The highest BCUT2D eigenvalue weighted by Gasteiger charge is 2.14. The van der Waals surface area contributed by atoms with Crippen LogP contribution in [0.5, 0.6) is 0 Å². The Morgan fingerprint density at radius 1 is 1.75 bits per heavy atom. The largest absolute Gasteiger partial charge is 0.464 e. The van der Waals surface area contributed by atoms with Crippen LogP contribution in [0, 0.1) is 5.95 Å². The van der Waals surface area contributed by atoms with Crippen LogP contribution in [0.4, 0.5) is 4.39 Å². The van der Waals surface area contributed by atoms with Crippen molar-refractivity contribution in [3.05, 3.63) is 23.0 Å². The van der Waals surface area contributed by atoms with Gasteiger partial charge in [-0.25, -0.2) is 14.8 Å². The molecule has 0 N–H and O–H groups in total. The van der Waals surface area contributed by atoms with Gasteiger partial charge in [-0.15, -0.1) is 0 Å². The number of hydrogen-bond acceptors (Lipinski definition) is 4. The number of esters is 1. The van der Waals surface area contributed by atoms with Gasteiger partial charge in [0.2, 0.25) is 5.95 Å². The maximum Gasteiger partial charge on any atom is 0.360 e. The van der Waals surface area contributed by atoms with E-state index in [-0.39, 0.29) is 10.8 Å². The molecular weight excluding hydrogens is 187 g/mol. The molecule has 4 nitrogen and oxygen atoms in total. The van der Waals surface area contributed by atoms with Crippen LogP contribution in [0.3, 0.4) is 0 Å². The number of carbonyl (C=O) groups is 1. The first-order valence-electron chi connectivity index (χ1n) is 2.91. The molecule has 1 aromatic heterocycles. The number of halogens is 2. The van der Waals surface area contributed by atoms with Gasteiger partial charge in [-0.05, 0) is 0 Å². The number of ether oxygens (including phenoxy) is 1. The van der Waals surface area contributed by atoms with Gasteiger partial charge in [-0.3, -0.25) is 0 Å².